The number of nitrogens with zero attached hydrogens (tertiary/aromatic N) is 1. The molecule has 0 radical (unpaired) electrons. The Kier molecular flexibility index (Phi) is 9.56. The van der Waals surface area contributed by atoms with Crippen molar-refractivity contribution in [2.45, 2.75) is 69.6 Å². The molecule has 0 fully saturated rings. The summed E-state index contributed by atoms with van der Waals surface area (Å²) >= 11 is 0. The number of sulfonamides is 1. The normalized spacial score (nSPS) is 11.5. The van der Waals surface area contributed by atoms with Gasteiger partial charge in [0.2, 0.25) is 10.0 Å². The fraction of sp³-hybridized carbons (Fsp3) is 0.647. The van der Waals surface area contributed by atoms with Gasteiger partial charge in [-0.1, -0.05) is 64.4 Å². The predicted octanol–water partition coefficient (Wildman–Crippen LogP) is 4.40. The Hall–Kier alpha value is -1.47. The minimum absolute atomic E-state index is 0.0624. The highest BCUT2D eigenvalue weighted by molar-refractivity contribution is 7.89. The van der Waals surface area contributed by atoms with Crippen molar-refractivity contribution in [2.75, 3.05) is 6.54 Å². The van der Waals surface area contributed by atoms with E-state index in [1.807, 2.05) is 0 Å². The molecule has 0 aliphatic heterocycles. The Morgan fingerprint density at radius 2 is 1.58 bits per heavy atom. The van der Waals surface area contributed by atoms with Gasteiger partial charge in [-0.2, -0.15) is 0 Å². The van der Waals surface area contributed by atoms with Crippen molar-refractivity contribution in [1.82, 2.24) is 4.72 Å². The van der Waals surface area contributed by atoms with Gasteiger partial charge in [0, 0.05) is 18.7 Å². The molecule has 136 valence electrons. The fourth-order valence-corrected chi connectivity index (χ4v) is 3.60. The zero-order valence-electron chi connectivity index (χ0n) is 14.4. The van der Waals surface area contributed by atoms with Crippen molar-refractivity contribution in [1.29, 1.82) is 0 Å². The van der Waals surface area contributed by atoms with E-state index in [1.54, 1.807) is 0 Å². The first-order valence-corrected chi connectivity index (χ1v) is 10.2. The number of nitro groups is 1. The van der Waals surface area contributed by atoms with Crippen molar-refractivity contribution >= 4 is 15.7 Å². The molecule has 0 aromatic heterocycles. The minimum atomic E-state index is -3.68. The van der Waals surface area contributed by atoms with Crippen molar-refractivity contribution in [2.24, 2.45) is 0 Å². The van der Waals surface area contributed by atoms with Gasteiger partial charge in [-0.3, -0.25) is 10.1 Å². The Labute approximate surface area is 144 Å². The van der Waals surface area contributed by atoms with Crippen molar-refractivity contribution in [3.05, 3.63) is 34.4 Å². The lowest BCUT2D eigenvalue weighted by molar-refractivity contribution is -0.385. The molecular formula is C17H28N2O4S. The van der Waals surface area contributed by atoms with E-state index in [0.717, 1.165) is 25.3 Å². The van der Waals surface area contributed by atoms with Crippen LogP contribution in [0.4, 0.5) is 5.69 Å². The third kappa shape index (κ3) is 7.88. The van der Waals surface area contributed by atoms with Crippen LogP contribution in [0.5, 0.6) is 0 Å². The number of benzene rings is 1. The zero-order chi connectivity index (χ0) is 17.8. The van der Waals surface area contributed by atoms with Crippen LogP contribution in [0.15, 0.2) is 29.2 Å². The summed E-state index contributed by atoms with van der Waals surface area (Å²) in [6, 6.07) is 5.11. The van der Waals surface area contributed by atoms with E-state index in [2.05, 4.69) is 11.6 Å². The first-order valence-electron chi connectivity index (χ1n) is 8.71. The van der Waals surface area contributed by atoms with Crippen LogP contribution in [0, 0.1) is 10.1 Å². The van der Waals surface area contributed by atoms with Crippen molar-refractivity contribution < 1.29 is 13.3 Å². The highest BCUT2D eigenvalue weighted by atomic mass is 32.2. The summed E-state index contributed by atoms with van der Waals surface area (Å²) in [4.78, 5) is 10.1. The number of hydrogen-bond donors (Lipinski definition) is 1. The Morgan fingerprint density at radius 3 is 2.17 bits per heavy atom. The Bertz CT molecular complexity index is 602. The monoisotopic (exact) mass is 356 g/mol. The molecule has 0 atom stereocenters. The highest BCUT2D eigenvalue weighted by Crippen LogP contribution is 2.17. The predicted molar refractivity (Wildman–Crippen MR) is 95.5 cm³/mol. The molecule has 0 saturated carbocycles. The van der Waals surface area contributed by atoms with Gasteiger partial charge in [0.25, 0.3) is 5.69 Å². The third-order valence-corrected chi connectivity index (χ3v) is 5.37. The summed E-state index contributed by atoms with van der Waals surface area (Å²) in [5, 5.41) is 10.7. The summed E-state index contributed by atoms with van der Waals surface area (Å²) in [7, 11) is -3.68. The lowest BCUT2D eigenvalue weighted by Crippen LogP contribution is -2.24. The van der Waals surface area contributed by atoms with E-state index in [-0.39, 0.29) is 10.6 Å². The molecule has 7 heteroatoms. The highest BCUT2D eigenvalue weighted by Gasteiger charge is 2.16. The second-order valence-corrected chi connectivity index (χ2v) is 7.75. The van der Waals surface area contributed by atoms with E-state index < -0.39 is 14.9 Å². The molecule has 1 rings (SSSR count). The van der Waals surface area contributed by atoms with Gasteiger partial charge in [0.1, 0.15) is 0 Å². The molecule has 0 aliphatic rings. The van der Waals surface area contributed by atoms with Gasteiger partial charge in [0.15, 0.2) is 0 Å². The molecule has 0 heterocycles. The van der Waals surface area contributed by atoms with Crippen molar-refractivity contribution in [3.8, 4) is 0 Å². The fourth-order valence-electron chi connectivity index (χ4n) is 2.49. The van der Waals surface area contributed by atoms with Gasteiger partial charge in [-0.25, -0.2) is 13.1 Å². The lowest BCUT2D eigenvalue weighted by Gasteiger charge is -2.07. The van der Waals surface area contributed by atoms with Crippen LogP contribution in [0.25, 0.3) is 0 Å². The first-order chi connectivity index (χ1) is 11.5. The molecule has 0 unspecified atom stereocenters. The molecule has 1 aromatic carbocycles. The average Bonchev–Trinajstić information content (AvgIpc) is 2.56. The number of rotatable bonds is 13. The molecule has 1 aromatic rings. The second-order valence-electron chi connectivity index (χ2n) is 5.98. The summed E-state index contributed by atoms with van der Waals surface area (Å²) in [5.74, 6) is 0. The van der Waals surface area contributed by atoms with Gasteiger partial charge in [-0.15, -0.1) is 0 Å². The topological polar surface area (TPSA) is 89.3 Å². The Balaban J connectivity index is 2.24. The number of hydrogen-bond acceptors (Lipinski definition) is 4. The van der Waals surface area contributed by atoms with E-state index in [0.29, 0.717) is 6.54 Å². The van der Waals surface area contributed by atoms with E-state index >= 15 is 0 Å². The lowest BCUT2D eigenvalue weighted by atomic mass is 10.1. The molecule has 0 spiro atoms. The summed E-state index contributed by atoms with van der Waals surface area (Å²) in [6.07, 6.45) is 10.5. The molecular weight excluding hydrogens is 328 g/mol. The summed E-state index contributed by atoms with van der Waals surface area (Å²) < 4.78 is 26.7. The molecule has 1 N–H and O–H groups in total. The maximum atomic E-state index is 12.1. The first kappa shape index (κ1) is 20.6. The van der Waals surface area contributed by atoms with Gasteiger partial charge >= 0.3 is 0 Å². The van der Waals surface area contributed by atoms with Crippen molar-refractivity contribution in [3.63, 3.8) is 0 Å². The largest absolute Gasteiger partial charge is 0.270 e. The molecule has 0 aliphatic carbocycles. The van der Waals surface area contributed by atoms with Gasteiger partial charge in [0.05, 0.1) is 9.82 Å². The molecule has 24 heavy (non-hydrogen) atoms. The van der Waals surface area contributed by atoms with Gasteiger partial charge in [-0.05, 0) is 12.5 Å². The number of nitro benzene ring substituents is 1. The summed E-state index contributed by atoms with van der Waals surface area (Å²) in [5.41, 5.74) is -0.221. The quantitative estimate of drug-likeness (QED) is 0.322. The summed E-state index contributed by atoms with van der Waals surface area (Å²) in [6.45, 7) is 2.57. The maximum Gasteiger partial charge on any atom is 0.270 e. The van der Waals surface area contributed by atoms with E-state index in [1.165, 1.54) is 56.7 Å². The molecule has 6 nitrogen and oxygen atoms in total. The van der Waals surface area contributed by atoms with E-state index in [4.69, 9.17) is 0 Å². The smallest absolute Gasteiger partial charge is 0.258 e. The molecule has 0 bridgehead atoms. The van der Waals surface area contributed by atoms with Crippen LogP contribution in [-0.2, 0) is 10.0 Å². The Morgan fingerprint density at radius 1 is 1.00 bits per heavy atom. The molecule has 0 saturated heterocycles. The van der Waals surface area contributed by atoms with Crippen LogP contribution in [-0.4, -0.2) is 19.9 Å². The van der Waals surface area contributed by atoms with E-state index in [9.17, 15) is 18.5 Å². The third-order valence-electron chi connectivity index (χ3n) is 3.91. The molecule has 0 amide bonds. The number of unbranched alkanes of at least 4 members (excludes halogenated alkanes) is 8. The number of non-ortho nitro benzene ring substituents is 1. The van der Waals surface area contributed by atoms with Crippen LogP contribution >= 0.6 is 0 Å². The van der Waals surface area contributed by atoms with Crippen LogP contribution < -0.4 is 4.72 Å². The maximum absolute atomic E-state index is 12.1. The minimum Gasteiger partial charge on any atom is -0.258 e. The van der Waals surface area contributed by atoms with Crippen LogP contribution in [0.2, 0.25) is 0 Å². The second kappa shape index (κ2) is 11.1. The van der Waals surface area contributed by atoms with Crippen LogP contribution in [0.1, 0.15) is 64.7 Å². The van der Waals surface area contributed by atoms with Crippen LogP contribution in [0.3, 0.4) is 0 Å². The van der Waals surface area contributed by atoms with Gasteiger partial charge < -0.3 is 0 Å². The average molecular weight is 356 g/mol. The standard InChI is InChI=1S/C17H28N2O4S/c1-2-3-4-5-6-7-8-9-10-14-18-24(22,23)17-13-11-12-16(15-17)19(20)21/h11-13,15,18H,2-10,14H2,1H3. The number of nitrogens with one attached hydrogen (secondary N) is 1. The SMILES string of the molecule is CCCCCCCCCCCNS(=O)(=O)c1cccc([N+](=O)[O-])c1. The zero-order valence-corrected chi connectivity index (χ0v) is 15.2.